The Bertz CT molecular complexity index is 1310. The van der Waals surface area contributed by atoms with Gasteiger partial charge in [-0.3, -0.25) is 4.79 Å². The second kappa shape index (κ2) is 6.98. The van der Waals surface area contributed by atoms with E-state index < -0.39 is 0 Å². The summed E-state index contributed by atoms with van der Waals surface area (Å²) in [5.74, 6) is 0. The summed E-state index contributed by atoms with van der Waals surface area (Å²) in [6.07, 6.45) is 5.38. The van der Waals surface area contributed by atoms with Crippen LogP contribution in [0, 0.1) is 13.8 Å². The molecule has 0 saturated carbocycles. The van der Waals surface area contributed by atoms with Crippen LogP contribution < -0.4 is 10.9 Å². The molecule has 2 atom stereocenters. The summed E-state index contributed by atoms with van der Waals surface area (Å²) in [7, 11) is 0. The molecule has 0 unspecified atom stereocenters. The molecule has 4 aromatic rings. The number of fused-ring (bicyclic) bond motifs is 2. The Morgan fingerprint density at radius 2 is 1.83 bits per heavy atom. The van der Waals surface area contributed by atoms with E-state index in [9.17, 15) is 4.79 Å². The molecule has 0 aliphatic carbocycles. The van der Waals surface area contributed by atoms with Gasteiger partial charge < -0.3 is 5.32 Å². The lowest BCUT2D eigenvalue weighted by Gasteiger charge is -2.33. The molecule has 0 radical (unpaired) electrons. The van der Waals surface area contributed by atoms with Crippen LogP contribution in [0.4, 0.5) is 0 Å². The van der Waals surface area contributed by atoms with Gasteiger partial charge in [-0.2, -0.15) is 10.2 Å². The average molecular weight is 403 g/mol. The number of hydrogen-bond donors (Lipinski definition) is 1. The van der Waals surface area contributed by atoms with Gasteiger partial charge in [0.1, 0.15) is 5.69 Å². The molecular formula is C22H25N7O. The fraction of sp³-hybridized carbons (Fsp3) is 0.409. The molecule has 0 aromatic carbocycles. The maximum Gasteiger partial charge on any atom is 0.276 e. The number of rotatable bonds is 2. The summed E-state index contributed by atoms with van der Waals surface area (Å²) in [4.78, 5) is 22.3. The van der Waals surface area contributed by atoms with Crippen LogP contribution in [0.25, 0.3) is 27.9 Å². The molecule has 8 heteroatoms. The molecule has 154 valence electrons. The third kappa shape index (κ3) is 3.17. The molecule has 1 saturated heterocycles. The van der Waals surface area contributed by atoms with Gasteiger partial charge >= 0.3 is 0 Å². The van der Waals surface area contributed by atoms with Crippen molar-refractivity contribution in [3.63, 3.8) is 0 Å². The monoisotopic (exact) mass is 403 g/mol. The van der Waals surface area contributed by atoms with E-state index in [-0.39, 0.29) is 11.6 Å². The zero-order valence-corrected chi connectivity index (χ0v) is 17.6. The van der Waals surface area contributed by atoms with E-state index in [0.29, 0.717) is 28.7 Å². The van der Waals surface area contributed by atoms with E-state index in [0.717, 1.165) is 35.4 Å². The molecule has 0 bridgehead atoms. The predicted molar refractivity (Wildman–Crippen MR) is 116 cm³/mol. The van der Waals surface area contributed by atoms with Crippen LogP contribution in [-0.4, -0.2) is 41.4 Å². The minimum absolute atomic E-state index is 0.0809. The van der Waals surface area contributed by atoms with Gasteiger partial charge in [0.2, 0.25) is 0 Å². The van der Waals surface area contributed by atoms with Crippen molar-refractivity contribution in [2.75, 3.05) is 0 Å². The molecule has 0 spiro atoms. The number of imidazole rings is 1. The van der Waals surface area contributed by atoms with Gasteiger partial charge in [-0.25, -0.2) is 19.2 Å². The average Bonchev–Trinajstić information content (AvgIpc) is 3.08. The maximum absolute atomic E-state index is 13.1. The summed E-state index contributed by atoms with van der Waals surface area (Å²) in [5, 5.41) is 13.2. The zero-order chi connectivity index (χ0) is 21.0. The number of nitrogens with zero attached hydrogens (tertiary/aromatic N) is 6. The lowest BCUT2D eigenvalue weighted by atomic mass is 9.95. The minimum Gasteiger partial charge on any atom is -0.312 e. The van der Waals surface area contributed by atoms with Gasteiger partial charge in [-0.1, -0.05) is 0 Å². The highest BCUT2D eigenvalue weighted by molar-refractivity contribution is 5.79. The smallest absolute Gasteiger partial charge is 0.276 e. The number of aromatic nitrogens is 6. The number of pyridine rings is 1. The lowest BCUT2D eigenvalue weighted by molar-refractivity contribution is 0.244. The van der Waals surface area contributed by atoms with Gasteiger partial charge in [0.05, 0.1) is 40.7 Å². The SMILES string of the molecule is Cc1cn2nc(-c3ccc4c(=O)n(C5C[C@H](C)N[C@@H](C)C5)ncc4n3)cc(C)c2n1. The van der Waals surface area contributed by atoms with E-state index >= 15 is 0 Å². The number of aryl methyl sites for hydroxylation is 2. The number of piperidine rings is 1. The van der Waals surface area contributed by atoms with Crippen LogP contribution in [0.2, 0.25) is 0 Å². The Balaban J connectivity index is 1.57. The summed E-state index contributed by atoms with van der Waals surface area (Å²) in [5.41, 5.74) is 4.74. The highest BCUT2D eigenvalue weighted by atomic mass is 16.1. The Morgan fingerprint density at radius 1 is 1.07 bits per heavy atom. The molecule has 5 heterocycles. The first-order valence-corrected chi connectivity index (χ1v) is 10.4. The van der Waals surface area contributed by atoms with Crippen molar-refractivity contribution in [1.82, 2.24) is 34.7 Å². The van der Waals surface area contributed by atoms with Crippen molar-refractivity contribution < 1.29 is 0 Å². The van der Waals surface area contributed by atoms with Crippen LogP contribution in [-0.2, 0) is 0 Å². The normalized spacial score (nSPS) is 22.1. The quantitative estimate of drug-likeness (QED) is 0.554. The largest absolute Gasteiger partial charge is 0.312 e. The summed E-state index contributed by atoms with van der Waals surface area (Å²) >= 11 is 0. The standard InChI is InChI=1S/C22H25N7O/c1-12-7-19(27-28-11-15(4)25-21(12)28)18-6-5-17-20(26-18)10-23-29(22(17)30)16-8-13(2)24-14(3)9-16/h5-7,10-11,13-14,16,24H,8-9H2,1-4H3/t13-,14-/m0/s1. The van der Waals surface area contributed by atoms with Crippen molar-refractivity contribution in [3.05, 3.63) is 52.2 Å². The second-order valence-electron chi connectivity index (χ2n) is 8.48. The van der Waals surface area contributed by atoms with Crippen LogP contribution in [0.15, 0.2) is 35.4 Å². The molecule has 1 aliphatic rings. The molecule has 8 nitrogen and oxygen atoms in total. The predicted octanol–water partition coefficient (Wildman–Crippen LogP) is 2.82. The van der Waals surface area contributed by atoms with Crippen molar-refractivity contribution in [2.24, 2.45) is 0 Å². The Kier molecular flexibility index (Phi) is 4.39. The Morgan fingerprint density at radius 3 is 2.60 bits per heavy atom. The first-order chi connectivity index (χ1) is 14.4. The van der Waals surface area contributed by atoms with Crippen LogP contribution >= 0.6 is 0 Å². The number of hydrogen-bond acceptors (Lipinski definition) is 6. The fourth-order valence-corrected chi connectivity index (χ4v) is 4.55. The Labute approximate surface area is 174 Å². The van der Waals surface area contributed by atoms with Crippen LogP contribution in [0.5, 0.6) is 0 Å². The van der Waals surface area contributed by atoms with Gasteiger partial charge in [-0.15, -0.1) is 0 Å². The highest BCUT2D eigenvalue weighted by Crippen LogP contribution is 2.24. The fourth-order valence-electron chi connectivity index (χ4n) is 4.55. The van der Waals surface area contributed by atoms with Gasteiger partial charge in [0, 0.05) is 12.1 Å². The molecule has 30 heavy (non-hydrogen) atoms. The first-order valence-electron chi connectivity index (χ1n) is 10.4. The number of nitrogens with one attached hydrogen (secondary N) is 1. The van der Waals surface area contributed by atoms with E-state index in [4.69, 9.17) is 4.98 Å². The van der Waals surface area contributed by atoms with E-state index in [2.05, 4.69) is 34.3 Å². The zero-order valence-electron chi connectivity index (χ0n) is 17.6. The molecule has 4 aromatic heterocycles. The third-order valence-corrected chi connectivity index (χ3v) is 5.83. The van der Waals surface area contributed by atoms with E-state index in [1.807, 2.05) is 38.2 Å². The van der Waals surface area contributed by atoms with E-state index in [1.54, 1.807) is 15.4 Å². The van der Waals surface area contributed by atoms with Crippen LogP contribution in [0.1, 0.15) is 44.0 Å². The molecule has 1 aliphatic heterocycles. The second-order valence-corrected chi connectivity index (χ2v) is 8.48. The summed E-state index contributed by atoms with van der Waals surface area (Å²) < 4.78 is 3.42. The third-order valence-electron chi connectivity index (χ3n) is 5.83. The molecule has 5 rings (SSSR count). The van der Waals surface area contributed by atoms with Crippen molar-refractivity contribution >= 4 is 16.6 Å². The van der Waals surface area contributed by atoms with Crippen LogP contribution in [0.3, 0.4) is 0 Å². The topological polar surface area (TPSA) is 90.0 Å². The lowest BCUT2D eigenvalue weighted by Crippen LogP contribution is -2.45. The van der Waals surface area contributed by atoms with Crippen molar-refractivity contribution in [3.8, 4) is 11.4 Å². The maximum atomic E-state index is 13.1. The van der Waals surface area contributed by atoms with Gasteiger partial charge in [0.15, 0.2) is 5.65 Å². The molecule has 1 fully saturated rings. The highest BCUT2D eigenvalue weighted by Gasteiger charge is 2.26. The minimum atomic E-state index is -0.0809. The van der Waals surface area contributed by atoms with Crippen molar-refractivity contribution in [1.29, 1.82) is 0 Å². The molecule has 0 amide bonds. The molecular weight excluding hydrogens is 378 g/mol. The Hall–Kier alpha value is -3.13. The van der Waals surface area contributed by atoms with Crippen molar-refractivity contribution in [2.45, 2.75) is 58.7 Å². The first kappa shape index (κ1) is 18.9. The van der Waals surface area contributed by atoms with E-state index in [1.165, 1.54) is 0 Å². The van der Waals surface area contributed by atoms with Gasteiger partial charge in [-0.05, 0) is 64.3 Å². The molecule has 1 N–H and O–H groups in total. The summed E-state index contributed by atoms with van der Waals surface area (Å²) in [6, 6.07) is 6.50. The summed E-state index contributed by atoms with van der Waals surface area (Å²) in [6.45, 7) is 8.25. The van der Waals surface area contributed by atoms with Gasteiger partial charge in [0.25, 0.3) is 5.56 Å².